The number of halogens is 1. The van der Waals surface area contributed by atoms with Crippen LogP contribution in [0.5, 0.6) is 5.75 Å². The normalized spacial score (nSPS) is 16.6. The van der Waals surface area contributed by atoms with Gasteiger partial charge in [0.05, 0.1) is 12.0 Å². The molecule has 0 unspecified atom stereocenters. The molecule has 1 aromatic carbocycles. The molecule has 1 N–H and O–H groups in total. The van der Waals surface area contributed by atoms with Gasteiger partial charge in [-0.15, -0.1) is 11.6 Å². The second-order valence-electron chi connectivity index (χ2n) is 5.71. The summed E-state index contributed by atoms with van der Waals surface area (Å²) >= 11 is 5.51. The third-order valence-corrected chi connectivity index (χ3v) is 6.20. The molecular formula is C16H24ClN3O4S. The van der Waals surface area contributed by atoms with Crippen LogP contribution in [-0.2, 0) is 14.8 Å². The first kappa shape index (κ1) is 20.0. The summed E-state index contributed by atoms with van der Waals surface area (Å²) in [6, 6.07) is 6.42. The second kappa shape index (κ2) is 9.38. The first-order chi connectivity index (χ1) is 12.0. The molecule has 1 saturated heterocycles. The van der Waals surface area contributed by atoms with Gasteiger partial charge in [-0.1, -0.05) is 0 Å². The lowest BCUT2D eigenvalue weighted by atomic mass is 10.3. The molecule has 140 valence electrons. The Bertz CT molecular complexity index is 658. The Morgan fingerprint density at radius 1 is 1.20 bits per heavy atom. The molecule has 25 heavy (non-hydrogen) atoms. The average molecular weight is 390 g/mol. The van der Waals surface area contributed by atoms with Crippen molar-refractivity contribution in [2.75, 3.05) is 52.3 Å². The van der Waals surface area contributed by atoms with Gasteiger partial charge in [0, 0.05) is 51.6 Å². The van der Waals surface area contributed by atoms with Crippen molar-refractivity contribution in [1.29, 1.82) is 0 Å². The Kier molecular flexibility index (Phi) is 7.49. The number of sulfonamides is 1. The molecule has 1 aliphatic rings. The molecule has 7 nitrogen and oxygen atoms in total. The molecule has 0 atom stereocenters. The van der Waals surface area contributed by atoms with Crippen molar-refractivity contribution in [2.45, 2.75) is 11.3 Å². The molecule has 9 heteroatoms. The fourth-order valence-corrected chi connectivity index (χ4v) is 4.21. The zero-order chi connectivity index (χ0) is 18.3. The van der Waals surface area contributed by atoms with Crippen molar-refractivity contribution in [1.82, 2.24) is 14.5 Å². The van der Waals surface area contributed by atoms with Crippen LogP contribution in [0.25, 0.3) is 0 Å². The number of alkyl halides is 1. The number of nitrogens with zero attached hydrogens (tertiary/aromatic N) is 2. The first-order valence-corrected chi connectivity index (χ1v) is 10.1. The second-order valence-corrected chi connectivity index (χ2v) is 8.03. The third kappa shape index (κ3) is 5.57. The summed E-state index contributed by atoms with van der Waals surface area (Å²) in [4.78, 5) is 13.8. The summed E-state index contributed by atoms with van der Waals surface area (Å²) in [7, 11) is -1.94. The van der Waals surface area contributed by atoms with Crippen molar-refractivity contribution in [3.8, 4) is 5.75 Å². The third-order valence-electron chi connectivity index (χ3n) is 4.10. The molecular weight excluding hydrogens is 366 g/mol. The van der Waals surface area contributed by atoms with Gasteiger partial charge >= 0.3 is 0 Å². The SMILES string of the molecule is COc1ccc(S(=O)(=O)N2CCN(CCNC(=O)CCCl)CC2)cc1. The molecule has 1 fully saturated rings. The number of nitrogens with one attached hydrogen (secondary N) is 1. The minimum Gasteiger partial charge on any atom is -0.497 e. The van der Waals surface area contributed by atoms with Gasteiger partial charge in [-0.05, 0) is 24.3 Å². The Labute approximate surface area is 153 Å². The lowest BCUT2D eigenvalue weighted by Gasteiger charge is -2.34. The standard InChI is InChI=1S/C16H24ClN3O4S/c1-24-14-2-4-15(5-3-14)25(22,23)20-12-10-19(11-13-20)9-8-18-16(21)6-7-17/h2-5H,6-13H2,1H3,(H,18,21). The van der Waals surface area contributed by atoms with Crippen molar-refractivity contribution in [3.05, 3.63) is 24.3 Å². The van der Waals surface area contributed by atoms with E-state index in [1.54, 1.807) is 31.4 Å². The van der Waals surface area contributed by atoms with Gasteiger partial charge in [-0.3, -0.25) is 9.69 Å². The topological polar surface area (TPSA) is 79.0 Å². The van der Waals surface area contributed by atoms with E-state index in [4.69, 9.17) is 16.3 Å². The number of carbonyl (C=O) groups excluding carboxylic acids is 1. The number of hydrogen-bond donors (Lipinski definition) is 1. The summed E-state index contributed by atoms with van der Waals surface area (Å²) in [5.74, 6) is 0.879. The number of methoxy groups -OCH3 is 1. The van der Waals surface area contributed by atoms with Gasteiger partial charge in [-0.25, -0.2) is 8.42 Å². The van der Waals surface area contributed by atoms with E-state index in [-0.39, 0.29) is 10.8 Å². The molecule has 0 aromatic heterocycles. The quantitative estimate of drug-likeness (QED) is 0.664. The summed E-state index contributed by atoms with van der Waals surface area (Å²) in [5.41, 5.74) is 0. The first-order valence-electron chi connectivity index (χ1n) is 8.16. The maximum absolute atomic E-state index is 12.7. The summed E-state index contributed by atoms with van der Waals surface area (Å²) in [6.45, 7) is 3.39. The molecule has 0 spiro atoms. The lowest BCUT2D eigenvalue weighted by molar-refractivity contribution is -0.120. The van der Waals surface area contributed by atoms with Crippen LogP contribution in [-0.4, -0.2) is 75.8 Å². The van der Waals surface area contributed by atoms with Crippen LogP contribution in [0.3, 0.4) is 0 Å². The minimum absolute atomic E-state index is 0.0595. The molecule has 2 rings (SSSR count). The lowest BCUT2D eigenvalue weighted by Crippen LogP contribution is -2.50. The molecule has 1 aliphatic heterocycles. The van der Waals surface area contributed by atoms with Crippen LogP contribution in [0.1, 0.15) is 6.42 Å². The number of piperazine rings is 1. The van der Waals surface area contributed by atoms with Crippen molar-refractivity contribution in [2.24, 2.45) is 0 Å². The van der Waals surface area contributed by atoms with Gasteiger partial charge in [0.15, 0.2) is 0 Å². The number of rotatable bonds is 8. The van der Waals surface area contributed by atoms with Crippen LogP contribution < -0.4 is 10.1 Å². The highest BCUT2D eigenvalue weighted by molar-refractivity contribution is 7.89. The number of amides is 1. The van der Waals surface area contributed by atoms with Crippen LogP contribution in [0.15, 0.2) is 29.2 Å². The Hall–Kier alpha value is -1.35. The van der Waals surface area contributed by atoms with Gasteiger partial charge in [0.1, 0.15) is 5.75 Å². The zero-order valence-corrected chi connectivity index (χ0v) is 15.9. The summed E-state index contributed by atoms with van der Waals surface area (Å²) < 4.78 is 31.9. The number of carbonyl (C=O) groups is 1. The molecule has 0 radical (unpaired) electrons. The van der Waals surface area contributed by atoms with E-state index >= 15 is 0 Å². The van der Waals surface area contributed by atoms with Crippen molar-refractivity contribution < 1.29 is 17.9 Å². The van der Waals surface area contributed by atoms with Crippen molar-refractivity contribution >= 4 is 27.5 Å². The minimum atomic E-state index is -3.49. The Morgan fingerprint density at radius 2 is 1.84 bits per heavy atom. The fourth-order valence-electron chi connectivity index (χ4n) is 2.62. The number of ether oxygens (including phenoxy) is 1. The molecule has 0 saturated carbocycles. The van der Waals surface area contributed by atoms with Gasteiger partial charge in [0.2, 0.25) is 15.9 Å². The Morgan fingerprint density at radius 3 is 2.40 bits per heavy atom. The molecule has 1 aromatic rings. The highest BCUT2D eigenvalue weighted by Crippen LogP contribution is 2.20. The van der Waals surface area contributed by atoms with Crippen LogP contribution >= 0.6 is 11.6 Å². The number of benzene rings is 1. The predicted molar refractivity (Wildman–Crippen MR) is 96.5 cm³/mol. The molecule has 1 amide bonds. The molecule has 0 aliphatic carbocycles. The fraction of sp³-hybridized carbons (Fsp3) is 0.562. The van der Waals surface area contributed by atoms with E-state index in [9.17, 15) is 13.2 Å². The summed E-state index contributed by atoms with van der Waals surface area (Å²) in [6.07, 6.45) is 0.315. The summed E-state index contributed by atoms with van der Waals surface area (Å²) in [5, 5.41) is 2.80. The predicted octanol–water partition coefficient (Wildman–Crippen LogP) is 0.747. The van der Waals surface area contributed by atoms with E-state index < -0.39 is 10.0 Å². The van der Waals surface area contributed by atoms with E-state index in [2.05, 4.69) is 10.2 Å². The van der Waals surface area contributed by atoms with Gasteiger partial charge in [0.25, 0.3) is 0 Å². The van der Waals surface area contributed by atoms with Crippen LogP contribution in [0, 0.1) is 0 Å². The van der Waals surface area contributed by atoms with Crippen molar-refractivity contribution in [3.63, 3.8) is 0 Å². The maximum Gasteiger partial charge on any atom is 0.243 e. The highest BCUT2D eigenvalue weighted by Gasteiger charge is 2.28. The zero-order valence-electron chi connectivity index (χ0n) is 14.3. The van der Waals surface area contributed by atoms with E-state index in [1.165, 1.54) is 4.31 Å². The van der Waals surface area contributed by atoms with E-state index in [0.717, 1.165) is 0 Å². The smallest absolute Gasteiger partial charge is 0.243 e. The monoisotopic (exact) mass is 389 g/mol. The molecule has 1 heterocycles. The highest BCUT2D eigenvalue weighted by atomic mass is 35.5. The van der Waals surface area contributed by atoms with Gasteiger partial charge < -0.3 is 10.1 Å². The van der Waals surface area contributed by atoms with Crippen LogP contribution in [0.2, 0.25) is 0 Å². The number of hydrogen-bond acceptors (Lipinski definition) is 5. The maximum atomic E-state index is 12.7. The largest absolute Gasteiger partial charge is 0.497 e. The Balaban J connectivity index is 1.83. The van der Waals surface area contributed by atoms with E-state index in [0.29, 0.717) is 57.3 Å². The van der Waals surface area contributed by atoms with E-state index in [1.807, 2.05) is 0 Å². The molecule has 0 bridgehead atoms. The van der Waals surface area contributed by atoms with Gasteiger partial charge in [-0.2, -0.15) is 4.31 Å². The van der Waals surface area contributed by atoms with Crippen LogP contribution in [0.4, 0.5) is 0 Å². The average Bonchev–Trinajstić information content (AvgIpc) is 2.62.